The molecule has 2 aromatic rings. The van der Waals surface area contributed by atoms with Gasteiger partial charge in [-0.3, -0.25) is 9.59 Å². The average molecular weight is 460 g/mol. The number of nitrogens with zero attached hydrogens (tertiary/aromatic N) is 2. The fraction of sp³-hybridized carbons (Fsp3) is 0.391. The van der Waals surface area contributed by atoms with Crippen molar-refractivity contribution >= 4 is 27.5 Å². The molecule has 1 fully saturated rings. The molecule has 0 spiro atoms. The number of amides is 2. The molecule has 0 atom stereocenters. The van der Waals surface area contributed by atoms with Crippen LogP contribution in [0.1, 0.15) is 42.1 Å². The third kappa shape index (κ3) is 4.54. The summed E-state index contributed by atoms with van der Waals surface area (Å²) in [7, 11) is -3.74. The van der Waals surface area contributed by atoms with Crippen LogP contribution in [0.3, 0.4) is 0 Å². The Kier molecular flexibility index (Phi) is 6.30. The molecule has 1 N–H and O–H groups in total. The monoisotopic (exact) mass is 459 g/mol. The summed E-state index contributed by atoms with van der Waals surface area (Å²) >= 11 is 0. The van der Waals surface area contributed by atoms with Gasteiger partial charge in [-0.05, 0) is 61.6 Å². The molecule has 1 saturated heterocycles. The van der Waals surface area contributed by atoms with Crippen molar-refractivity contribution in [1.29, 1.82) is 0 Å². The van der Waals surface area contributed by atoms with Gasteiger partial charge in [0.25, 0.3) is 5.91 Å². The lowest BCUT2D eigenvalue weighted by molar-refractivity contribution is -0.116. The van der Waals surface area contributed by atoms with Crippen molar-refractivity contribution < 1.29 is 22.4 Å². The molecule has 2 aliphatic heterocycles. The van der Waals surface area contributed by atoms with Gasteiger partial charge < -0.3 is 9.80 Å². The number of carbonyl (C=O) groups excluding carboxylic acids is 2. The Balaban J connectivity index is 1.41. The molecular weight excluding hydrogens is 433 g/mol. The van der Waals surface area contributed by atoms with Gasteiger partial charge in [-0.1, -0.05) is 12.1 Å². The molecule has 32 heavy (non-hydrogen) atoms. The van der Waals surface area contributed by atoms with Gasteiger partial charge in [0, 0.05) is 38.3 Å². The van der Waals surface area contributed by atoms with Crippen LogP contribution in [-0.4, -0.2) is 50.8 Å². The van der Waals surface area contributed by atoms with Crippen molar-refractivity contribution in [2.45, 2.75) is 43.5 Å². The van der Waals surface area contributed by atoms with Crippen LogP contribution in [0.5, 0.6) is 0 Å². The van der Waals surface area contributed by atoms with Crippen LogP contribution in [-0.2, 0) is 21.2 Å². The summed E-state index contributed by atoms with van der Waals surface area (Å²) in [6, 6.07) is 10.4. The maximum atomic E-state index is 13.9. The SMILES string of the molecule is CC(=O)N1CCCc2cc(S(=O)(=O)NC3CCN(C(=O)c4ccccc4F)CC3)ccc21. The van der Waals surface area contributed by atoms with Crippen molar-refractivity contribution in [2.24, 2.45) is 0 Å². The zero-order chi connectivity index (χ0) is 22.9. The lowest BCUT2D eigenvalue weighted by atomic mass is 10.0. The molecule has 4 rings (SSSR count). The molecule has 7 nitrogen and oxygen atoms in total. The molecule has 9 heteroatoms. The van der Waals surface area contributed by atoms with Crippen LogP contribution in [0.15, 0.2) is 47.4 Å². The van der Waals surface area contributed by atoms with Crippen molar-refractivity contribution in [2.75, 3.05) is 24.5 Å². The summed E-state index contributed by atoms with van der Waals surface area (Å²) in [6.07, 6.45) is 2.40. The van der Waals surface area contributed by atoms with Crippen molar-refractivity contribution in [3.63, 3.8) is 0 Å². The summed E-state index contributed by atoms with van der Waals surface area (Å²) in [5.74, 6) is -0.999. The summed E-state index contributed by atoms with van der Waals surface area (Å²) < 4.78 is 42.6. The first-order chi connectivity index (χ1) is 15.3. The first-order valence-electron chi connectivity index (χ1n) is 10.7. The third-order valence-corrected chi connectivity index (χ3v) is 7.59. The Labute approximate surface area is 187 Å². The van der Waals surface area contributed by atoms with E-state index in [1.54, 1.807) is 28.0 Å². The van der Waals surface area contributed by atoms with Crippen molar-refractivity contribution in [3.8, 4) is 0 Å². The predicted molar refractivity (Wildman–Crippen MR) is 118 cm³/mol. The number of hydrogen-bond donors (Lipinski definition) is 1. The average Bonchev–Trinajstić information content (AvgIpc) is 2.78. The Morgan fingerprint density at radius 1 is 1.06 bits per heavy atom. The van der Waals surface area contributed by atoms with Gasteiger partial charge in [-0.15, -0.1) is 0 Å². The van der Waals surface area contributed by atoms with E-state index in [2.05, 4.69) is 4.72 Å². The number of aryl methyl sites for hydroxylation is 1. The van der Waals surface area contributed by atoms with Gasteiger partial charge in [0.2, 0.25) is 15.9 Å². The highest BCUT2D eigenvalue weighted by Gasteiger charge is 2.29. The van der Waals surface area contributed by atoms with Crippen LogP contribution in [0.25, 0.3) is 0 Å². The lowest BCUT2D eigenvalue weighted by Crippen LogP contribution is -2.46. The number of hydrogen-bond acceptors (Lipinski definition) is 4. The first kappa shape index (κ1) is 22.4. The molecule has 0 aromatic heterocycles. The Bertz CT molecular complexity index is 1140. The van der Waals surface area contributed by atoms with Crippen LogP contribution in [0, 0.1) is 5.82 Å². The molecule has 2 aromatic carbocycles. The van der Waals surface area contributed by atoms with E-state index in [0.717, 1.165) is 24.1 Å². The van der Waals surface area contributed by atoms with Crippen molar-refractivity contribution in [1.82, 2.24) is 9.62 Å². The van der Waals surface area contributed by atoms with Gasteiger partial charge in [-0.25, -0.2) is 17.5 Å². The van der Waals surface area contributed by atoms with Gasteiger partial charge in [-0.2, -0.15) is 0 Å². The number of carbonyl (C=O) groups is 2. The first-order valence-corrected chi connectivity index (χ1v) is 12.2. The second-order valence-electron chi connectivity index (χ2n) is 8.23. The summed E-state index contributed by atoms with van der Waals surface area (Å²) in [5.41, 5.74) is 1.64. The number of piperidine rings is 1. The van der Waals surface area contributed by atoms with E-state index < -0.39 is 15.8 Å². The van der Waals surface area contributed by atoms with Crippen LogP contribution in [0.2, 0.25) is 0 Å². The minimum Gasteiger partial charge on any atom is -0.338 e. The number of halogens is 1. The van der Waals surface area contributed by atoms with E-state index in [1.165, 1.54) is 31.2 Å². The highest BCUT2D eigenvalue weighted by molar-refractivity contribution is 7.89. The zero-order valence-electron chi connectivity index (χ0n) is 17.9. The Hall–Kier alpha value is -2.78. The summed E-state index contributed by atoms with van der Waals surface area (Å²) in [5, 5.41) is 0. The molecule has 2 heterocycles. The maximum Gasteiger partial charge on any atom is 0.256 e. The van der Waals surface area contributed by atoms with Crippen molar-refractivity contribution in [3.05, 3.63) is 59.4 Å². The second-order valence-corrected chi connectivity index (χ2v) is 9.95. The molecule has 2 aliphatic rings. The minimum absolute atomic E-state index is 0.0280. The Morgan fingerprint density at radius 3 is 2.47 bits per heavy atom. The minimum atomic E-state index is -3.74. The van der Waals surface area contributed by atoms with E-state index in [0.29, 0.717) is 32.5 Å². The van der Waals surface area contributed by atoms with E-state index >= 15 is 0 Å². The maximum absolute atomic E-state index is 13.9. The molecule has 0 radical (unpaired) electrons. The molecule has 0 bridgehead atoms. The number of rotatable bonds is 4. The van der Waals surface area contributed by atoms with E-state index in [-0.39, 0.29) is 28.3 Å². The topological polar surface area (TPSA) is 86.8 Å². The Morgan fingerprint density at radius 2 is 1.78 bits per heavy atom. The van der Waals surface area contributed by atoms with Gasteiger partial charge >= 0.3 is 0 Å². The predicted octanol–water partition coefficient (Wildman–Crippen LogP) is 2.71. The highest BCUT2D eigenvalue weighted by Crippen LogP contribution is 2.30. The number of likely N-dealkylation sites (tertiary alicyclic amines) is 1. The normalized spacial score (nSPS) is 17.2. The molecule has 0 unspecified atom stereocenters. The van der Waals surface area contributed by atoms with Gasteiger partial charge in [0.05, 0.1) is 10.5 Å². The van der Waals surface area contributed by atoms with Crippen LogP contribution in [0.4, 0.5) is 10.1 Å². The van der Waals surface area contributed by atoms with E-state index in [4.69, 9.17) is 0 Å². The fourth-order valence-electron chi connectivity index (χ4n) is 4.36. The second kappa shape index (κ2) is 8.99. The number of benzene rings is 2. The van der Waals surface area contributed by atoms with Crippen LogP contribution >= 0.6 is 0 Å². The third-order valence-electron chi connectivity index (χ3n) is 6.07. The van der Waals surface area contributed by atoms with Gasteiger partial charge in [0.15, 0.2) is 0 Å². The fourth-order valence-corrected chi connectivity index (χ4v) is 5.72. The summed E-state index contributed by atoms with van der Waals surface area (Å²) in [4.78, 5) is 27.8. The molecule has 0 aliphatic carbocycles. The van der Waals surface area contributed by atoms with Gasteiger partial charge in [0.1, 0.15) is 5.82 Å². The lowest BCUT2D eigenvalue weighted by Gasteiger charge is -2.32. The highest BCUT2D eigenvalue weighted by atomic mass is 32.2. The molecule has 0 saturated carbocycles. The standard InChI is InChI=1S/C23H26FN3O4S/c1-16(28)27-12-4-5-17-15-19(8-9-22(17)27)32(30,31)25-18-10-13-26(14-11-18)23(29)20-6-2-3-7-21(20)24/h2-3,6-9,15,18,25H,4-5,10-14H2,1H3. The quantitative estimate of drug-likeness (QED) is 0.762. The molecule has 170 valence electrons. The van der Waals surface area contributed by atoms with E-state index in [1.807, 2.05) is 0 Å². The number of anilines is 1. The number of fused-ring (bicyclic) bond motifs is 1. The smallest absolute Gasteiger partial charge is 0.256 e. The van der Waals surface area contributed by atoms with Crippen LogP contribution < -0.4 is 9.62 Å². The zero-order valence-corrected chi connectivity index (χ0v) is 18.7. The number of sulfonamides is 1. The molecular formula is C23H26FN3O4S. The summed E-state index contributed by atoms with van der Waals surface area (Å²) in [6.45, 7) is 2.83. The molecule has 2 amide bonds. The number of nitrogens with one attached hydrogen (secondary N) is 1. The van der Waals surface area contributed by atoms with E-state index in [9.17, 15) is 22.4 Å². The largest absolute Gasteiger partial charge is 0.338 e.